The van der Waals surface area contributed by atoms with Crippen molar-refractivity contribution in [1.82, 2.24) is 35.8 Å². The van der Waals surface area contributed by atoms with Gasteiger partial charge in [-0.25, -0.2) is 14.4 Å². The van der Waals surface area contributed by atoms with E-state index in [0.717, 1.165) is 38.2 Å². The number of likely N-dealkylation sites (tertiary alicyclic amines) is 1. The first-order valence-corrected chi connectivity index (χ1v) is 14.6. The van der Waals surface area contributed by atoms with Gasteiger partial charge in [-0.15, -0.1) is 5.53 Å². The second-order valence-electron chi connectivity index (χ2n) is 10.7. The molecule has 12 heteroatoms. The van der Waals surface area contributed by atoms with Gasteiger partial charge in [0.2, 0.25) is 0 Å². The van der Waals surface area contributed by atoms with Crippen molar-refractivity contribution in [3.63, 3.8) is 0 Å². The van der Waals surface area contributed by atoms with Crippen LogP contribution in [0.5, 0.6) is 0 Å². The van der Waals surface area contributed by atoms with Gasteiger partial charge in [-0.1, -0.05) is 18.5 Å². The van der Waals surface area contributed by atoms with Gasteiger partial charge in [-0.05, 0) is 68.3 Å². The van der Waals surface area contributed by atoms with Crippen molar-refractivity contribution in [1.29, 1.82) is 5.26 Å². The van der Waals surface area contributed by atoms with E-state index in [1.165, 1.54) is 12.3 Å². The number of halogens is 2. The number of nitrogens with zero attached hydrogens (tertiary/aromatic N) is 6. The van der Waals surface area contributed by atoms with Crippen LogP contribution in [0.3, 0.4) is 0 Å². The SMILES string of the molecule is CCN1CCC(N2C=C([C@@H](Nc3cc(Cl)c4ncc(C#N)c(Nc5ccc(F)c(C)c5)c4c3)c3ncccn3)NN2)CC1. The number of benzene rings is 2. The number of piperidine rings is 1. The van der Waals surface area contributed by atoms with E-state index in [2.05, 4.69) is 65.6 Å². The average molecular weight is 599 g/mol. The number of fused-ring (bicyclic) bond motifs is 1. The Kier molecular flexibility index (Phi) is 8.24. The molecule has 0 unspecified atom stereocenters. The minimum Gasteiger partial charge on any atom is -0.370 e. The molecule has 0 bridgehead atoms. The Morgan fingerprint density at radius 3 is 2.65 bits per heavy atom. The number of nitrogens with one attached hydrogen (secondary N) is 4. The van der Waals surface area contributed by atoms with Crippen LogP contribution in [-0.2, 0) is 0 Å². The molecule has 10 nitrogen and oxygen atoms in total. The molecular formula is C31H32ClFN10. The Morgan fingerprint density at radius 1 is 1.14 bits per heavy atom. The third-order valence-corrected chi connectivity index (χ3v) is 8.23. The number of hydrogen-bond donors (Lipinski definition) is 4. The summed E-state index contributed by atoms with van der Waals surface area (Å²) < 4.78 is 13.9. The van der Waals surface area contributed by atoms with Gasteiger partial charge in [-0.3, -0.25) is 9.99 Å². The van der Waals surface area contributed by atoms with Crippen LogP contribution < -0.4 is 21.6 Å². The van der Waals surface area contributed by atoms with Crippen LogP contribution in [0.4, 0.5) is 21.5 Å². The van der Waals surface area contributed by atoms with E-state index in [-0.39, 0.29) is 5.82 Å². The van der Waals surface area contributed by atoms with Gasteiger partial charge in [0.25, 0.3) is 0 Å². The summed E-state index contributed by atoms with van der Waals surface area (Å²) in [5.74, 6) is 0.273. The van der Waals surface area contributed by atoms with Crippen molar-refractivity contribution in [3.05, 3.63) is 94.7 Å². The molecule has 4 heterocycles. The predicted octanol–water partition coefficient (Wildman–Crippen LogP) is 5.54. The molecule has 2 aliphatic heterocycles. The third-order valence-electron chi connectivity index (χ3n) is 7.94. The number of hydrazine groups is 2. The van der Waals surface area contributed by atoms with Crippen LogP contribution in [0.15, 0.2) is 66.9 Å². The van der Waals surface area contributed by atoms with Crippen LogP contribution in [0, 0.1) is 24.1 Å². The zero-order chi connectivity index (χ0) is 29.9. The van der Waals surface area contributed by atoms with Gasteiger partial charge in [-0.2, -0.15) is 5.26 Å². The Labute approximate surface area is 254 Å². The number of pyridine rings is 1. The third kappa shape index (κ3) is 6.03. The lowest BCUT2D eigenvalue weighted by Crippen LogP contribution is -2.48. The minimum atomic E-state index is -0.439. The Hall–Kier alpha value is -4.50. The van der Waals surface area contributed by atoms with Gasteiger partial charge in [0.1, 0.15) is 17.9 Å². The molecule has 43 heavy (non-hydrogen) atoms. The normalized spacial score (nSPS) is 16.4. The maximum absolute atomic E-state index is 13.9. The standard InChI is InChI=1S/C31H32ClFN10/c1-3-42-11-7-23(8-12-42)43-18-27(40-41-43)30(31-35-9-4-10-36-31)39-22-14-24-28(38-21-5-6-26(33)19(2)13-21)20(16-34)17-37-29(24)25(32)15-22/h4-6,9-10,13-15,17-18,23,30,39-41H,3,7-8,11-12H2,1-2H3,(H,37,38)/t30-/m1/s1. The fraction of sp³-hybridized carbons (Fsp3) is 0.290. The zero-order valence-corrected chi connectivity index (χ0v) is 24.7. The molecule has 4 aromatic rings. The van der Waals surface area contributed by atoms with Crippen molar-refractivity contribution in [2.24, 2.45) is 0 Å². The molecule has 0 radical (unpaired) electrons. The molecule has 0 spiro atoms. The van der Waals surface area contributed by atoms with Crippen molar-refractivity contribution < 1.29 is 4.39 Å². The second kappa shape index (κ2) is 12.4. The van der Waals surface area contributed by atoms with E-state index in [4.69, 9.17) is 11.6 Å². The van der Waals surface area contributed by atoms with Crippen LogP contribution >= 0.6 is 11.6 Å². The van der Waals surface area contributed by atoms with Crippen LogP contribution in [0.2, 0.25) is 5.02 Å². The maximum Gasteiger partial charge on any atom is 0.156 e. The highest BCUT2D eigenvalue weighted by atomic mass is 35.5. The van der Waals surface area contributed by atoms with E-state index < -0.39 is 6.04 Å². The molecule has 1 fully saturated rings. The molecule has 1 saturated heterocycles. The summed E-state index contributed by atoms with van der Waals surface area (Å²) in [5, 5.41) is 19.9. The van der Waals surface area contributed by atoms with Crippen molar-refractivity contribution >= 4 is 39.6 Å². The highest BCUT2D eigenvalue weighted by molar-refractivity contribution is 6.36. The van der Waals surface area contributed by atoms with E-state index in [9.17, 15) is 9.65 Å². The maximum atomic E-state index is 13.9. The number of nitriles is 1. The molecule has 2 aromatic carbocycles. The molecule has 220 valence electrons. The molecule has 6 rings (SSSR count). The number of anilines is 3. The monoisotopic (exact) mass is 598 g/mol. The fourth-order valence-corrected chi connectivity index (χ4v) is 5.81. The van der Waals surface area contributed by atoms with E-state index in [1.54, 1.807) is 43.6 Å². The molecule has 2 aromatic heterocycles. The lowest BCUT2D eigenvalue weighted by Gasteiger charge is -2.35. The Morgan fingerprint density at radius 2 is 1.93 bits per heavy atom. The van der Waals surface area contributed by atoms with Crippen molar-refractivity contribution in [2.45, 2.75) is 38.8 Å². The van der Waals surface area contributed by atoms with Gasteiger partial charge >= 0.3 is 0 Å². The van der Waals surface area contributed by atoms with Gasteiger partial charge in [0.05, 0.1) is 27.5 Å². The summed E-state index contributed by atoms with van der Waals surface area (Å²) in [6, 6.07) is 12.3. The zero-order valence-electron chi connectivity index (χ0n) is 23.9. The lowest BCUT2D eigenvalue weighted by atomic mass is 10.0. The van der Waals surface area contributed by atoms with Gasteiger partial charge in [0.15, 0.2) is 5.82 Å². The fourth-order valence-electron chi connectivity index (χ4n) is 5.54. The molecule has 0 aliphatic carbocycles. The highest BCUT2D eigenvalue weighted by Crippen LogP contribution is 2.37. The quantitative estimate of drug-likeness (QED) is 0.206. The first-order valence-electron chi connectivity index (χ1n) is 14.3. The first kappa shape index (κ1) is 28.6. The van der Waals surface area contributed by atoms with Crippen LogP contribution in [0.25, 0.3) is 10.9 Å². The summed E-state index contributed by atoms with van der Waals surface area (Å²) in [6.07, 6.45) is 9.10. The van der Waals surface area contributed by atoms with Gasteiger partial charge in [0, 0.05) is 60.7 Å². The molecule has 4 N–H and O–H groups in total. The molecule has 1 atom stereocenters. The van der Waals surface area contributed by atoms with Gasteiger partial charge < -0.3 is 21.0 Å². The van der Waals surface area contributed by atoms with Crippen LogP contribution in [0.1, 0.15) is 42.8 Å². The number of aromatic nitrogens is 3. The molecule has 0 amide bonds. The molecular weight excluding hydrogens is 567 g/mol. The van der Waals surface area contributed by atoms with E-state index in [1.807, 2.05) is 6.07 Å². The number of rotatable bonds is 8. The van der Waals surface area contributed by atoms with Crippen molar-refractivity contribution in [3.8, 4) is 6.07 Å². The topological polar surface area (TPSA) is 117 Å². The summed E-state index contributed by atoms with van der Waals surface area (Å²) in [4.78, 5) is 16.0. The Bertz CT molecular complexity index is 1700. The lowest BCUT2D eigenvalue weighted by molar-refractivity contribution is 0.112. The van der Waals surface area contributed by atoms with E-state index in [0.29, 0.717) is 56.0 Å². The predicted molar refractivity (Wildman–Crippen MR) is 166 cm³/mol. The number of aryl methyl sites for hydroxylation is 1. The molecule has 0 saturated carbocycles. The smallest absolute Gasteiger partial charge is 0.156 e. The summed E-state index contributed by atoms with van der Waals surface area (Å²) in [6.45, 7) is 7.08. The van der Waals surface area contributed by atoms with Crippen molar-refractivity contribution in [2.75, 3.05) is 30.3 Å². The van der Waals surface area contributed by atoms with Crippen LogP contribution in [-0.4, -0.2) is 50.5 Å². The average Bonchev–Trinajstić information content (AvgIpc) is 3.52. The second-order valence-corrected chi connectivity index (χ2v) is 11.1. The Balaban J connectivity index is 1.35. The number of hydrogen-bond acceptors (Lipinski definition) is 10. The highest BCUT2D eigenvalue weighted by Gasteiger charge is 2.30. The largest absolute Gasteiger partial charge is 0.370 e. The summed E-state index contributed by atoms with van der Waals surface area (Å²) in [5.41, 5.74) is 10.7. The first-order chi connectivity index (χ1) is 20.9. The minimum absolute atomic E-state index is 0.302. The summed E-state index contributed by atoms with van der Waals surface area (Å²) in [7, 11) is 0. The summed E-state index contributed by atoms with van der Waals surface area (Å²) >= 11 is 6.77. The van der Waals surface area contributed by atoms with E-state index >= 15 is 0 Å². The molecule has 2 aliphatic rings.